The summed E-state index contributed by atoms with van der Waals surface area (Å²) in [5.74, 6) is -0.104. The molecule has 4 aromatic rings. The molecule has 4 aromatic carbocycles. The Morgan fingerprint density at radius 3 is 1.25 bits per heavy atom. The molecule has 3 nitrogen and oxygen atoms in total. The Balaban J connectivity index is 2.02. The normalized spacial score (nSPS) is 13.4. The van der Waals surface area contributed by atoms with Crippen molar-refractivity contribution in [3.05, 3.63) is 121 Å². The van der Waals surface area contributed by atoms with Crippen LogP contribution in [0, 0.1) is 5.41 Å². The zero-order chi connectivity index (χ0) is 25.6. The number of amides is 1. The van der Waals surface area contributed by atoms with Gasteiger partial charge in [0, 0.05) is 31.0 Å². The van der Waals surface area contributed by atoms with Gasteiger partial charge in [-0.1, -0.05) is 142 Å². The highest BCUT2D eigenvalue weighted by Crippen LogP contribution is 2.62. The predicted octanol–water partition coefficient (Wildman–Crippen LogP) is 5.67. The molecule has 36 heavy (non-hydrogen) atoms. The average molecular weight is 514 g/mol. The maximum Gasteiger partial charge on any atom is 0.257 e. The van der Waals surface area contributed by atoms with E-state index in [9.17, 15) is 4.79 Å². The van der Waals surface area contributed by atoms with Gasteiger partial charge in [0.2, 0.25) is 0 Å². The summed E-state index contributed by atoms with van der Waals surface area (Å²) in [5.41, 5.74) is -0.533. The molecule has 0 aliphatic carbocycles. The van der Waals surface area contributed by atoms with Crippen molar-refractivity contribution in [1.82, 2.24) is 5.32 Å². The van der Waals surface area contributed by atoms with Crippen LogP contribution in [-0.4, -0.2) is 18.3 Å². The van der Waals surface area contributed by atoms with Gasteiger partial charge in [0.05, 0.1) is 8.15 Å². The SMILES string of the molecule is CNC(=O)C(OP(c1ccccc1)c1ccccc1)(P(c1ccccc1)c1ccccc1)C(C)(C)C. The van der Waals surface area contributed by atoms with Gasteiger partial charge in [-0.2, -0.15) is 0 Å². The van der Waals surface area contributed by atoms with Crippen LogP contribution in [0.25, 0.3) is 0 Å². The molecular formula is C31H33NO2P2. The first kappa shape index (κ1) is 26.2. The molecule has 0 aliphatic rings. The Morgan fingerprint density at radius 1 is 0.611 bits per heavy atom. The van der Waals surface area contributed by atoms with E-state index in [0.29, 0.717) is 0 Å². The van der Waals surface area contributed by atoms with Crippen molar-refractivity contribution >= 4 is 43.2 Å². The van der Waals surface area contributed by atoms with E-state index in [1.54, 1.807) is 7.05 Å². The molecule has 184 valence electrons. The zero-order valence-corrected chi connectivity index (χ0v) is 23.0. The summed E-state index contributed by atoms with van der Waals surface area (Å²) in [6.07, 6.45) is 0. The zero-order valence-electron chi connectivity index (χ0n) is 21.3. The fourth-order valence-electron chi connectivity index (χ4n) is 4.35. The van der Waals surface area contributed by atoms with Crippen LogP contribution in [0.2, 0.25) is 0 Å². The number of rotatable bonds is 8. The predicted molar refractivity (Wildman–Crippen MR) is 155 cm³/mol. The first-order valence-electron chi connectivity index (χ1n) is 12.1. The topological polar surface area (TPSA) is 38.3 Å². The van der Waals surface area contributed by atoms with E-state index in [1.807, 2.05) is 72.8 Å². The van der Waals surface area contributed by atoms with Crippen molar-refractivity contribution in [2.45, 2.75) is 26.1 Å². The van der Waals surface area contributed by atoms with E-state index in [0.717, 1.165) is 21.2 Å². The quantitative estimate of drug-likeness (QED) is 0.308. The first-order chi connectivity index (χ1) is 17.4. The molecular weight excluding hydrogens is 480 g/mol. The van der Waals surface area contributed by atoms with E-state index in [4.69, 9.17) is 4.52 Å². The van der Waals surface area contributed by atoms with Crippen molar-refractivity contribution in [2.24, 2.45) is 5.41 Å². The highest BCUT2D eigenvalue weighted by atomic mass is 31.1. The van der Waals surface area contributed by atoms with E-state index in [2.05, 4.69) is 74.6 Å². The lowest BCUT2D eigenvalue weighted by atomic mass is 9.87. The van der Waals surface area contributed by atoms with Crippen molar-refractivity contribution in [3.63, 3.8) is 0 Å². The van der Waals surface area contributed by atoms with E-state index in [1.165, 1.54) is 0 Å². The lowest BCUT2D eigenvalue weighted by Crippen LogP contribution is -2.57. The molecule has 0 saturated heterocycles. The van der Waals surface area contributed by atoms with Gasteiger partial charge in [0.1, 0.15) is 0 Å². The van der Waals surface area contributed by atoms with Gasteiger partial charge in [-0.05, 0) is 10.6 Å². The van der Waals surface area contributed by atoms with Crippen LogP contribution in [0.5, 0.6) is 0 Å². The molecule has 0 aliphatic heterocycles. The van der Waals surface area contributed by atoms with Gasteiger partial charge in [-0.3, -0.25) is 4.79 Å². The van der Waals surface area contributed by atoms with Crippen LogP contribution in [0.1, 0.15) is 20.8 Å². The summed E-state index contributed by atoms with van der Waals surface area (Å²) < 4.78 is 7.38. The minimum Gasteiger partial charge on any atom is -0.356 e. The minimum absolute atomic E-state index is 0.104. The molecule has 1 N–H and O–H groups in total. The molecule has 5 heteroatoms. The van der Waals surface area contributed by atoms with Crippen LogP contribution in [0.4, 0.5) is 0 Å². The summed E-state index contributed by atoms with van der Waals surface area (Å²) in [7, 11) is -0.851. The molecule has 0 fully saturated rings. The van der Waals surface area contributed by atoms with Crippen LogP contribution >= 0.6 is 16.1 Å². The lowest BCUT2D eigenvalue weighted by Gasteiger charge is -2.49. The number of benzene rings is 4. The third-order valence-corrected chi connectivity index (χ3v) is 11.5. The molecule has 0 radical (unpaired) electrons. The Morgan fingerprint density at radius 2 is 0.944 bits per heavy atom. The summed E-state index contributed by atoms with van der Waals surface area (Å²) in [6.45, 7) is 6.35. The molecule has 4 rings (SSSR count). The standard InChI is InChI=1S/C31H33NO2P2/c1-30(2,3)31(29(33)32-4,35(25-17-9-5-10-18-25)26-19-11-6-12-20-26)34-36(27-21-13-7-14-22-27)28-23-15-8-16-24-28/h5-24H,1-4H3,(H,32,33). The van der Waals surface area contributed by atoms with E-state index >= 15 is 0 Å². The second-order valence-corrected chi connectivity index (χ2v) is 13.7. The summed E-state index contributed by atoms with van der Waals surface area (Å²) in [5, 5.41) is 6.21. The molecule has 0 heterocycles. The van der Waals surface area contributed by atoms with Gasteiger partial charge >= 0.3 is 0 Å². The third kappa shape index (κ3) is 5.30. The van der Waals surface area contributed by atoms with Crippen LogP contribution < -0.4 is 26.5 Å². The summed E-state index contributed by atoms with van der Waals surface area (Å²) in [6, 6.07) is 41.3. The van der Waals surface area contributed by atoms with E-state index in [-0.39, 0.29) is 5.91 Å². The van der Waals surface area contributed by atoms with E-state index < -0.39 is 26.8 Å². The van der Waals surface area contributed by atoms with Gasteiger partial charge < -0.3 is 9.84 Å². The number of likely N-dealkylation sites (N-methyl/N-ethyl adjacent to an activating group) is 1. The fourth-order valence-corrected chi connectivity index (χ4v) is 9.89. The lowest BCUT2D eigenvalue weighted by molar-refractivity contribution is -0.135. The molecule has 1 atom stereocenters. The maximum absolute atomic E-state index is 14.3. The number of carbonyl (C=O) groups is 1. The smallest absolute Gasteiger partial charge is 0.257 e. The molecule has 1 amide bonds. The van der Waals surface area contributed by atoms with Crippen molar-refractivity contribution in [3.8, 4) is 0 Å². The maximum atomic E-state index is 14.3. The molecule has 0 aromatic heterocycles. The summed E-state index contributed by atoms with van der Waals surface area (Å²) >= 11 is 0. The third-order valence-electron chi connectivity index (χ3n) is 6.10. The molecule has 1 unspecified atom stereocenters. The second kappa shape index (κ2) is 11.5. The Kier molecular flexibility index (Phi) is 8.37. The largest absolute Gasteiger partial charge is 0.356 e. The Bertz CT molecular complexity index is 1170. The van der Waals surface area contributed by atoms with Gasteiger partial charge in [0.25, 0.3) is 5.91 Å². The Hall–Kier alpha value is -2.83. The highest BCUT2D eigenvalue weighted by molar-refractivity contribution is 7.76. The highest BCUT2D eigenvalue weighted by Gasteiger charge is 2.57. The van der Waals surface area contributed by atoms with Gasteiger partial charge in [-0.15, -0.1) is 0 Å². The first-order valence-corrected chi connectivity index (χ1v) is 14.7. The van der Waals surface area contributed by atoms with Gasteiger partial charge in [0.15, 0.2) is 5.34 Å². The monoisotopic (exact) mass is 513 g/mol. The summed E-state index contributed by atoms with van der Waals surface area (Å²) in [4.78, 5) is 14.3. The average Bonchev–Trinajstić information content (AvgIpc) is 2.92. The van der Waals surface area contributed by atoms with Crippen molar-refractivity contribution < 1.29 is 9.32 Å². The number of nitrogens with one attached hydrogen (secondary N) is 1. The minimum atomic E-state index is -1.30. The van der Waals surface area contributed by atoms with Crippen LogP contribution in [0.3, 0.4) is 0 Å². The van der Waals surface area contributed by atoms with Crippen molar-refractivity contribution in [1.29, 1.82) is 0 Å². The molecule has 0 saturated carbocycles. The van der Waals surface area contributed by atoms with Crippen LogP contribution in [0.15, 0.2) is 121 Å². The number of hydrogen-bond donors (Lipinski definition) is 1. The molecule has 0 spiro atoms. The van der Waals surface area contributed by atoms with Crippen molar-refractivity contribution in [2.75, 3.05) is 7.05 Å². The Labute approximate surface area is 217 Å². The van der Waals surface area contributed by atoms with Gasteiger partial charge in [-0.25, -0.2) is 0 Å². The number of hydrogen-bond acceptors (Lipinski definition) is 2. The van der Waals surface area contributed by atoms with Crippen LogP contribution in [-0.2, 0) is 9.32 Å². The second-order valence-electron chi connectivity index (χ2n) is 9.54. The number of carbonyl (C=O) groups excluding carboxylic acids is 1. The fraction of sp³-hybridized carbons (Fsp3) is 0.194. The molecule has 0 bridgehead atoms.